The van der Waals surface area contributed by atoms with E-state index in [2.05, 4.69) is 9.97 Å². The van der Waals surface area contributed by atoms with Gasteiger partial charge in [0.05, 0.1) is 7.11 Å². The van der Waals surface area contributed by atoms with Gasteiger partial charge in [0.2, 0.25) is 0 Å². The van der Waals surface area contributed by atoms with Gasteiger partial charge in [0, 0.05) is 23.1 Å². The Morgan fingerprint density at radius 3 is 2.79 bits per heavy atom. The maximum absolute atomic E-state index is 13.2. The standard InChI is InChI=1S/C13H14FN3OS/c1-8-5-12(15)17-13(16-8)19-7-9-6-10(14)3-4-11(9)18-2/h3-6H,7H2,1-2H3,(H2,15,16,17). The lowest BCUT2D eigenvalue weighted by Crippen LogP contribution is -1.97. The van der Waals surface area contributed by atoms with Crippen molar-refractivity contribution in [1.82, 2.24) is 9.97 Å². The Morgan fingerprint density at radius 1 is 1.32 bits per heavy atom. The van der Waals surface area contributed by atoms with Crippen LogP contribution in [0.2, 0.25) is 0 Å². The van der Waals surface area contributed by atoms with Crippen molar-refractivity contribution in [3.63, 3.8) is 0 Å². The van der Waals surface area contributed by atoms with E-state index in [0.717, 1.165) is 11.3 Å². The number of aryl methyl sites for hydroxylation is 1. The molecule has 1 aromatic heterocycles. The van der Waals surface area contributed by atoms with Crippen molar-refractivity contribution in [2.24, 2.45) is 0 Å². The van der Waals surface area contributed by atoms with Crippen molar-refractivity contribution >= 4 is 17.6 Å². The van der Waals surface area contributed by atoms with Gasteiger partial charge in [-0.05, 0) is 25.1 Å². The number of hydrogen-bond donors (Lipinski definition) is 1. The third-order valence-corrected chi connectivity index (χ3v) is 3.35. The highest BCUT2D eigenvalue weighted by Crippen LogP contribution is 2.27. The van der Waals surface area contributed by atoms with Gasteiger partial charge in [-0.3, -0.25) is 0 Å². The Labute approximate surface area is 115 Å². The van der Waals surface area contributed by atoms with Crippen LogP contribution in [0.4, 0.5) is 10.2 Å². The molecule has 6 heteroatoms. The number of benzene rings is 1. The molecule has 0 aliphatic heterocycles. The quantitative estimate of drug-likeness (QED) is 0.689. The Balaban J connectivity index is 2.16. The maximum Gasteiger partial charge on any atom is 0.190 e. The number of anilines is 1. The Morgan fingerprint density at radius 2 is 2.11 bits per heavy atom. The first-order valence-electron chi connectivity index (χ1n) is 5.65. The maximum atomic E-state index is 13.2. The molecule has 2 N–H and O–H groups in total. The zero-order valence-electron chi connectivity index (χ0n) is 10.7. The predicted molar refractivity (Wildman–Crippen MR) is 73.7 cm³/mol. The summed E-state index contributed by atoms with van der Waals surface area (Å²) >= 11 is 1.39. The summed E-state index contributed by atoms with van der Waals surface area (Å²) in [5, 5.41) is 0.573. The van der Waals surface area contributed by atoms with Crippen molar-refractivity contribution < 1.29 is 9.13 Å². The minimum Gasteiger partial charge on any atom is -0.496 e. The smallest absolute Gasteiger partial charge is 0.190 e. The topological polar surface area (TPSA) is 61.0 Å². The van der Waals surface area contributed by atoms with Crippen molar-refractivity contribution in [2.45, 2.75) is 17.8 Å². The van der Waals surface area contributed by atoms with E-state index in [4.69, 9.17) is 10.5 Å². The van der Waals surface area contributed by atoms with E-state index in [1.807, 2.05) is 6.92 Å². The van der Waals surface area contributed by atoms with Gasteiger partial charge in [-0.1, -0.05) is 11.8 Å². The van der Waals surface area contributed by atoms with Crippen molar-refractivity contribution in [3.8, 4) is 5.75 Å². The molecule has 2 rings (SSSR count). The molecular weight excluding hydrogens is 265 g/mol. The number of ether oxygens (including phenoxy) is 1. The Hall–Kier alpha value is -1.82. The molecule has 2 aromatic rings. The fraction of sp³-hybridized carbons (Fsp3) is 0.231. The first kappa shape index (κ1) is 13.6. The normalized spacial score (nSPS) is 10.5. The van der Waals surface area contributed by atoms with Crippen molar-refractivity contribution in [1.29, 1.82) is 0 Å². The molecule has 0 amide bonds. The van der Waals surface area contributed by atoms with E-state index in [1.54, 1.807) is 19.2 Å². The molecule has 19 heavy (non-hydrogen) atoms. The van der Waals surface area contributed by atoms with Crippen molar-refractivity contribution in [3.05, 3.63) is 41.3 Å². The summed E-state index contributed by atoms with van der Waals surface area (Å²) in [6.07, 6.45) is 0. The van der Waals surface area contributed by atoms with Gasteiger partial charge in [-0.25, -0.2) is 14.4 Å². The third-order valence-electron chi connectivity index (χ3n) is 2.45. The minimum atomic E-state index is -0.291. The Bertz CT molecular complexity index is 572. The van der Waals surface area contributed by atoms with E-state index in [-0.39, 0.29) is 5.82 Å². The minimum absolute atomic E-state index is 0.291. The largest absolute Gasteiger partial charge is 0.496 e. The molecule has 0 saturated carbocycles. The number of rotatable bonds is 4. The number of nitrogen functional groups attached to an aromatic ring is 1. The van der Waals surface area contributed by atoms with Crippen LogP contribution in [0.25, 0.3) is 0 Å². The van der Waals surface area contributed by atoms with Crippen LogP contribution >= 0.6 is 11.8 Å². The summed E-state index contributed by atoms with van der Waals surface area (Å²) in [5.74, 6) is 1.31. The summed E-state index contributed by atoms with van der Waals surface area (Å²) in [6.45, 7) is 1.85. The van der Waals surface area contributed by atoms with Gasteiger partial charge in [0.25, 0.3) is 0 Å². The Kier molecular flexibility index (Phi) is 4.21. The van der Waals surface area contributed by atoms with Gasteiger partial charge in [-0.2, -0.15) is 0 Å². The lowest BCUT2D eigenvalue weighted by atomic mass is 10.2. The van der Waals surface area contributed by atoms with Crippen LogP contribution in [0.3, 0.4) is 0 Å². The molecule has 0 aliphatic rings. The van der Waals surface area contributed by atoms with E-state index in [0.29, 0.717) is 22.5 Å². The van der Waals surface area contributed by atoms with E-state index < -0.39 is 0 Å². The predicted octanol–water partition coefficient (Wildman–Crippen LogP) is 2.81. The van der Waals surface area contributed by atoms with Gasteiger partial charge >= 0.3 is 0 Å². The van der Waals surface area contributed by atoms with Crippen LogP contribution in [0.5, 0.6) is 5.75 Å². The average Bonchev–Trinajstić information content (AvgIpc) is 2.35. The first-order valence-corrected chi connectivity index (χ1v) is 6.63. The molecular formula is C13H14FN3OS. The number of methoxy groups -OCH3 is 1. The number of aromatic nitrogens is 2. The molecule has 0 bridgehead atoms. The average molecular weight is 279 g/mol. The monoisotopic (exact) mass is 279 g/mol. The number of thioether (sulfide) groups is 1. The first-order chi connectivity index (χ1) is 9.08. The molecule has 0 saturated heterocycles. The van der Waals surface area contributed by atoms with Gasteiger partial charge in [-0.15, -0.1) is 0 Å². The van der Waals surface area contributed by atoms with E-state index in [1.165, 1.54) is 23.9 Å². The highest BCUT2D eigenvalue weighted by molar-refractivity contribution is 7.98. The molecule has 0 radical (unpaired) electrons. The second-order valence-corrected chi connectivity index (χ2v) is 4.90. The van der Waals surface area contributed by atoms with Gasteiger partial charge < -0.3 is 10.5 Å². The second kappa shape index (κ2) is 5.88. The number of hydrogen-bond acceptors (Lipinski definition) is 5. The summed E-state index contributed by atoms with van der Waals surface area (Å²) in [7, 11) is 1.56. The van der Waals surface area contributed by atoms with E-state index >= 15 is 0 Å². The second-order valence-electron chi connectivity index (χ2n) is 3.96. The molecule has 100 valence electrons. The van der Waals surface area contributed by atoms with Crippen LogP contribution in [-0.2, 0) is 5.75 Å². The zero-order chi connectivity index (χ0) is 13.8. The molecule has 1 heterocycles. The van der Waals surface area contributed by atoms with E-state index in [9.17, 15) is 4.39 Å². The highest BCUT2D eigenvalue weighted by Gasteiger charge is 2.07. The zero-order valence-corrected chi connectivity index (χ0v) is 11.5. The SMILES string of the molecule is COc1ccc(F)cc1CSc1nc(C)cc(N)n1. The van der Waals surface area contributed by atoms with Gasteiger partial charge in [0.1, 0.15) is 17.4 Å². The highest BCUT2D eigenvalue weighted by atomic mass is 32.2. The molecule has 0 spiro atoms. The number of nitrogens with two attached hydrogens (primary N) is 1. The third kappa shape index (κ3) is 3.57. The van der Waals surface area contributed by atoms with Gasteiger partial charge in [0.15, 0.2) is 5.16 Å². The summed E-state index contributed by atoms with van der Waals surface area (Å²) in [6, 6.07) is 6.13. The van der Waals surface area contributed by atoms with Crippen molar-refractivity contribution in [2.75, 3.05) is 12.8 Å². The van der Waals surface area contributed by atoms with Crippen LogP contribution in [0.15, 0.2) is 29.4 Å². The number of nitrogens with zero attached hydrogens (tertiary/aromatic N) is 2. The van der Waals surface area contributed by atoms with Crippen LogP contribution in [0, 0.1) is 12.7 Å². The fourth-order valence-electron chi connectivity index (χ4n) is 1.63. The van der Waals surface area contributed by atoms with Crippen LogP contribution in [0.1, 0.15) is 11.3 Å². The summed E-state index contributed by atoms with van der Waals surface area (Å²) < 4.78 is 18.4. The molecule has 4 nitrogen and oxygen atoms in total. The summed E-state index contributed by atoms with van der Waals surface area (Å²) in [5.41, 5.74) is 7.23. The molecule has 0 aliphatic carbocycles. The van der Waals surface area contributed by atoms with Crippen LogP contribution in [-0.4, -0.2) is 17.1 Å². The molecule has 0 unspecified atom stereocenters. The fourth-order valence-corrected chi connectivity index (χ4v) is 2.52. The lowest BCUT2D eigenvalue weighted by molar-refractivity contribution is 0.410. The lowest BCUT2D eigenvalue weighted by Gasteiger charge is -2.08. The summed E-state index contributed by atoms with van der Waals surface area (Å²) in [4.78, 5) is 8.39. The van der Waals surface area contributed by atoms with Crippen LogP contribution < -0.4 is 10.5 Å². The molecule has 0 atom stereocenters. The number of halogens is 1. The molecule has 0 fully saturated rings. The molecule has 1 aromatic carbocycles.